The first-order chi connectivity index (χ1) is 14.3. The highest BCUT2D eigenvalue weighted by Crippen LogP contribution is 2.55. The number of rotatable bonds is 17. The van der Waals surface area contributed by atoms with Crippen molar-refractivity contribution in [2.45, 2.75) is 124 Å². The van der Waals surface area contributed by atoms with E-state index in [1.54, 1.807) is 0 Å². The zero-order chi connectivity index (χ0) is 22.5. The molecule has 0 aromatic heterocycles. The molecule has 0 aromatic carbocycles. The number of carboxylic acid groups (broad SMARTS) is 2. The van der Waals surface area contributed by atoms with Crippen molar-refractivity contribution in [2.75, 3.05) is 0 Å². The molecule has 4 heteroatoms. The van der Waals surface area contributed by atoms with E-state index in [9.17, 15) is 19.8 Å². The third kappa shape index (κ3) is 7.42. The average Bonchev–Trinajstić information content (AvgIpc) is 2.69. The Morgan fingerprint density at radius 1 is 0.733 bits per heavy atom. The minimum absolute atomic E-state index is 0.147. The third-order valence-corrected chi connectivity index (χ3v) is 7.05. The minimum Gasteiger partial charge on any atom is -0.481 e. The Morgan fingerprint density at radius 2 is 1.13 bits per heavy atom. The van der Waals surface area contributed by atoms with Crippen molar-refractivity contribution in [2.24, 2.45) is 16.7 Å². The van der Waals surface area contributed by atoms with Crippen molar-refractivity contribution in [1.29, 1.82) is 0 Å². The summed E-state index contributed by atoms with van der Waals surface area (Å²) in [4.78, 5) is 24.8. The molecule has 0 saturated carbocycles. The number of carboxylic acids is 2. The number of aliphatic carboxylic acids is 2. The summed E-state index contributed by atoms with van der Waals surface area (Å²) in [6.45, 7) is 6.22. The third-order valence-electron chi connectivity index (χ3n) is 7.05. The Labute approximate surface area is 184 Å². The Hall–Kier alpha value is -1.32. The lowest BCUT2D eigenvalue weighted by atomic mass is 9.53. The van der Waals surface area contributed by atoms with Crippen LogP contribution in [0.1, 0.15) is 124 Å². The smallest absolute Gasteiger partial charge is 0.311 e. The molecule has 0 radical (unpaired) electrons. The maximum atomic E-state index is 12.4. The second-order valence-electron chi connectivity index (χ2n) is 9.89. The lowest BCUT2D eigenvalue weighted by molar-refractivity contribution is -0.178. The Balaban J connectivity index is 2.48. The molecule has 1 rings (SSSR count). The molecular formula is C26H46O4. The molecule has 2 unspecified atom stereocenters. The van der Waals surface area contributed by atoms with Crippen molar-refractivity contribution in [3.05, 3.63) is 12.2 Å². The van der Waals surface area contributed by atoms with Gasteiger partial charge in [-0.2, -0.15) is 0 Å². The Bertz CT molecular complexity index is 539. The van der Waals surface area contributed by atoms with Crippen LogP contribution >= 0.6 is 0 Å². The van der Waals surface area contributed by atoms with Gasteiger partial charge in [0.25, 0.3) is 0 Å². The lowest BCUT2D eigenvalue weighted by Crippen LogP contribution is -2.54. The van der Waals surface area contributed by atoms with Crippen molar-refractivity contribution in [3.8, 4) is 0 Å². The van der Waals surface area contributed by atoms with Crippen LogP contribution in [-0.4, -0.2) is 22.2 Å². The van der Waals surface area contributed by atoms with E-state index < -0.39 is 22.8 Å². The van der Waals surface area contributed by atoms with Gasteiger partial charge in [0.2, 0.25) is 0 Å². The van der Waals surface area contributed by atoms with Gasteiger partial charge < -0.3 is 10.2 Å². The van der Waals surface area contributed by atoms with Gasteiger partial charge in [0, 0.05) is 0 Å². The van der Waals surface area contributed by atoms with E-state index in [0.717, 1.165) is 19.3 Å². The van der Waals surface area contributed by atoms with Crippen LogP contribution in [0.5, 0.6) is 0 Å². The second kappa shape index (κ2) is 13.9. The van der Waals surface area contributed by atoms with Crippen LogP contribution in [0, 0.1) is 16.7 Å². The summed E-state index contributed by atoms with van der Waals surface area (Å²) >= 11 is 0. The van der Waals surface area contributed by atoms with Crippen LogP contribution < -0.4 is 0 Å². The fourth-order valence-corrected chi connectivity index (χ4v) is 5.32. The fraction of sp³-hybridized carbons (Fsp3) is 0.846. The van der Waals surface area contributed by atoms with Crippen LogP contribution in [0.4, 0.5) is 0 Å². The summed E-state index contributed by atoms with van der Waals surface area (Å²) in [6, 6.07) is 0. The van der Waals surface area contributed by atoms with Gasteiger partial charge in [-0.25, -0.2) is 0 Å². The molecule has 0 saturated heterocycles. The van der Waals surface area contributed by atoms with E-state index >= 15 is 0 Å². The minimum atomic E-state index is -1.19. The molecule has 1 aliphatic rings. The first-order valence-corrected chi connectivity index (χ1v) is 12.4. The maximum Gasteiger partial charge on any atom is 0.311 e. The fourth-order valence-electron chi connectivity index (χ4n) is 5.32. The molecule has 0 heterocycles. The molecule has 0 amide bonds. The standard InChI is InChI=1S/C26H46O4/c1-4-5-6-7-8-9-10-11-12-13-14-15-18-25(23(27)28)19-16-17-20-26(25,24(29)30)21-22(2)3/h16-17,22H,4-15,18-21H2,1-3H3,(H,27,28)(H,29,30). The van der Waals surface area contributed by atoms with Crippen LogP contribution in [-0.2, 0) is 9.59 Å². The van der Waals surface area contributed by atoms with E-state index in [4.69, 9.17) is 0 Å². The zero-order valence-corrected chi connectivity index (χ0v) is 19.8. The summed E-state index contributed by atoms with van der Waals surface area (Å²) in [5.74, 6) is -1.73. The van der Waals surface area contributed by atoms with E-state index in [-0.39, 0.29) is 5.92 Å². The first-order valence-electron chi connectivity index (χ1n) is 12.4. The highest BCUT2D eigenvalue weighted by molar-refractivity contribution is 5.87. The highest BCUT2D eigenvalue weighted by Gasteiger charge is 2.60. The van der Waals surface area contributed by atoms with Gasteiger partial charge in [-0.15, -0.1) is 0 Å². The molecular weight excluding hydrogens is 376 g/mol. The predicted molar refractivity (Wildman–Crippen MR) is 124 cm³/mol. The van der Waals surface area contributed by atoms with Gasteiger partial charge in [0.1, 0.15) is 0 Å². The quantitative estimate of drug-likeness (QED) is 0.187. The van der Waals surface area contributed by atoms with Gasteiger partial charge >= 0.3 is 11.9 Å². The lowest BCUT2D eigenvalue weighted by Gasteiger charge is -2.47. The molecule has 0 aromatic rings. The average molecular weight is 423 g/mol. The number of unbranched alkanes of at least 4 members (excludes halogenated alkanes) is 11. The topological polar surface area (TPSA) is 74.6 Å². The summed E-state index contributed by atoms with van der Waals surface area (Å²) < 4.78 is 0. The number of hydrogen-bond donors (Lipinski definition) is 2. The van der Waals surface area contributed by atoms with Gasteiger partial charge in [-0.1, -0.05) is 110 Å². The Kier molecular flexibility index (Phi) is 12.4. The van der Waals surface area contributed by atoms with Gasteiger partial charge in [-0.05, 0) is 31.6 Å². The predicted octanol–water partition coefficient (Wildman–Crippen LogP) is 7.62. The van der Waals surface area contributed by atoms with E-state index in [2.05, 4.69) is 6.92 Å². The molecule has 2 atom stereocenters. The largest absolute Gasteiger partial charge is 0.481 e. The molecule has 174 valence electrons. The van der Waals surface area contributed by atoms with E-state index in [0.29, 0.717) is 25.7 Å². The van der Waals surface area contributed by atoms with Crippen molar-refractivity contribution >= 4 is 11.9 Å². The molecule has 1 aliphatic carbocycles. The van der Waals surface area contributed by atoms with Crippen molar-refractivity contribution in [1.82, 2.24) is 0 Å². The normalized spacial score (nSPS) is 23.7. The van der Waals surface area contributed by atoms with Gasteiger partial charge in [0.05, 0.1) is 10.8 Å². The first kappa shape index (κ1) is 26.7. The SMILES string of the molecule is CCCCCCCCCCCCCCC1(C(=O)O)CC=CCC1(CC(C)C)C(=O)O. The molecule has 0 spiro atoms. The number of carbonyl (C=O) groups is 2. The summed E-state index contributed by atoms with van der Waals surface area (Å²) in [6.07, 6.45) is 20.0. The van der Waals surface area contributed by atoms with Crippen molar-refractivity contribution < 1.29 is 19.8 Å². The summed E-state index contributed by atoms with van der Waals surface area (Å²) in [7, 11) is 0. The van der Waals surface area contributed by atoms with E-state index in [1.807, 2.05) is 26.0 Å². The van der Waals surface area contributed by atoms with Crippen LogP contribution in [0.3, 0.4) is 0 Å². The monoisotopic (exact) mass is 422 g/mol. The van der Waals surface area contributed by atoms with Crippen LogP contribution in [0.25, 0.3) is 0 Å². The van der Waals surface area contributed by atoms with Crippen LogP contribution in [0.15, 0.2) is 12.2 Å². The zero-order valence-electron chi connectivity index (χ0n) is 19.8. The van der Waals surface area contributed by atoms with E-state index in [1.165, 1.54) is 57.8 Å². The molecule has 4 nitrogen and oxygen atoms in total. The van der Waals surface area contributed by atoms with Gasteiger partial charge in [0.15, 0.2) is 0 Å². The molecule has 0 aliphatic heterocycles. The molecule has 0 bridgehead atoms. The van der Waals surface area contributed by atoms with Crippen LogP contribution in [0.2, 0.25) is 0 Å². The maximum absolute atomic E-state index is 12.4. The molecule has 2 N–H and O–H groups in total. The summed E-state index contributed by atoms with van der Waals surface area (Å²) in [5, 5.41) is 20.3. The molecule has 0 fully saturated rings. The summed E-state index contributed by atoms with van der Waals surface area (Å²) in [5.41, 5.74) is -2.38. The molecule has 30 heavy (non-hydrogen) atoms. The Morgan fingerprint density at radius 3 is 1.53 bits per heavy atom. The van der Waals surface area contributed by atoms with Gasteiger partial charge in [-0.3, -0.25) is 9.59 Å². The number of hydrogen-bond acceptors (Lipinski definition) is 2. The second-order valence-corrected chi connectivity index (χ2v) is 9.89. The van der Waals surface area contributed by atoms with Crippen molar-refractivity contribution in [3.63, 3.8) is 0 Å². The highest BCUT2D eigenvalue weighted by atomic mass is 16.4. The number of allylic oxidation sites excluding steroid dienone is 2.